The molecule has 2 heterocycles. The lowest BCUT2D eigenvalue weighted by Crippen LogP contribution is -2.41. The summed E-state index contributed by atoms with van der Waals surface area (Å²) in [6, 6.07) is 16.3. The Morgan fingerprint density at radius 1 is 1.26 bits per heavy atom. The van der Waals surface area contributed by atoms with Crippen LogP contribution in [0.25, 0.3) is 10.9 Å². The van der Waals surface area contributed by atoms with Crippen LogP contribution >= 0.6 is 0 Å². The molecule has 140 valence electrons. The Hall–Kier alpha value is -2.66. The summed E-state index contributed by atoms with van der Waals surface area (Å²) in [5.41, 5.74) is 2.00. The van der Waals surface area contributed by atoms with Gasteiger partial charge in [0.25, 0.3) is 5.91 Å². The van der Waals surface area contributed by atoms with E-state index in [0.29, 0.717) is 17.8 Å². The molecule has 0 saturated carbocycles. The smallest absolute Gasteiger partial charge is 0.268 e. The van der Waals surface area contributed by atoms with E-state index >= 15 is 0 Å². The molecule has 1 aliphatic heterocycles. The third-order valence-corrected chi connectivity index (χ3v) is 5.21. The van der Waals surface area contributed by atoms with Gasteiger partial charge in [-0.05, 0) is 38.0 Å². The van der Waals surface area contributed by atoms with Gasteiger partial charge in [0.05, 0.1) is 18.7 Å². The van der Waals surface area contributed by atoms with E-state index in [1.54, 1.807) is 12.1 Å². The number of hydrogen-bond acceptors (Lipinski definition) is 2. The van der Waals surface area contributed by atoms with Gasteiger partial charge in [0.1, 0.15) is 11.5 Å². The number of carbonyl (C=O) groups is 1. The number of nitrogens with zero attached hydrogens (tertiary/aromatic N) is 1. The van der Waals surface area contributed by atoms with Crippen LogP contribution in [0.15, 0.2) is 54.6 Å². The molecule has 1 saturated heterocycles. The molecule has 5 heteroatoms. The molecular formula is C22H23FN2O2. The number of rotatable bonds is 5. The maximum Gasteiger partial charge on any atom is 0.268 e. The standard InChI is InChI=1S/C22H23FN2O2/c1-15(21-11-6-12-27-21)24-22(26)20-13-16-7-3-5-10-19(16)25(20)14-17-8-2-4-9-18(17)23/h2-5,7-10,13,15,21H,6,11-12,14H2,1H3,(H,24,26)/t15-,21+/m0/s1. The first-order chi connectivity index (χ1) is 13.1. The lowest BCUT2D eigenvalue weighted by atomic mass is 10.1. The van der Waals surface area contributed by atoms with Crippen molar-refractivity contribution < 1.29 is 13.9 Å². The van der Waals surface area contributed by atoms with Gasteiger partial charge in [0.2, 0.25) is 0 Å². The van der Waals surface area contributed by atoms with Crippen molar-refractivity contribution in [3.63, 3.8) is 0 Å². The summed E-state index contributed by atoms with van der Waals surface area (Å²) in [6.45, 7) is 3.02. The van der Waals surface area contributed by atoms with Crippen LogP contribution in [0.1, 0.15) is 35.8 Å². The number of halogens is 1. The molecule has 1 aliphatic rings. The zero-order chi connectivity index (χ0) is 18.8. The monoisotopic (exact) mass is 366 g/mol. The van der Waals surface area contributed by atoms with Crippen LogP contribution in [-0.2, 0) is 11.3 Å². The molecule has 1 amide bonds. The molecule has 1 N–H and O–H groups in total. The van der Waals surface area contributed by atoms with Gasteiger partial charge >= 0.3 is 0 Å². The van der Waals surface area contributed by atoms with E-state index in [1.165, 1.54) is 6.07 Å². The number of hydrogen-bond donors (Lipinski definition) is 1. The minimum atomic E-state index is -0.269. The number of fused-ring (bicyclic) bond motifs is 1. The predicted octanol–water partition coefficient (Wildman–Crippen LogP) is 4.13. The van der Waals surface area contributed by atoms with E-state index in [0.717, 1.165) is 30.4 Å². The fraction of sp³-hybridized carbons (Fsp3) is 0.318. The summed E-state index contributed by atoms with van der Waals surface area (Å²) in [6.07, 6.45) is 2.04. The van der Waals surface area contributed by atoms with Crippen LogP contribution in [0, 0.1) is 5.82 Å². The zero-order valence-corrected chi connectivity index (χ0v) is 15.3. The number of amides is 1. The average Bonchev–Trinajstić information content (AvgIpc) is 3.32. The van der Waals surface area contributed by atoms with Crippen LogP contribution in [0.5, 0.6) is 0 Å². The third-order valence-electron chi connectivity index (χ3n) is 5.21. The maximum absolute atomic E-state index is 14.2. The number of para-hydroxylation sites is 1. The minimum absolute atomic E-state index is 0.0540. The Bertz CT molecular complexity index is 960. The predicted molar refractivity (Wildman–Crippen MR) is 103 cm³/mol. The van der Waals surface area contributed by atoms with E-state index in [9.17, 15) is 9.18 Å². The number of nitrogens with one attached hydrogen (secondary N) is 1. The number of aromatic nitrogens is 1. The second kappa shape index (κ2) is 7.53. The Morgan fingerprint density at radius 3 is 2.81 bits per heavy atom. The summed E-state index contributed by atoms with van der Waals surface area (Å²) >= 11 is 0. The van der Waals surface area contributed by atoms with Crippen molar-refractivity contribution in [2.24, 2.45) is 0 Å². The topological polar surface area (TPSA) is 43.3 Å². The molecular weight excluding hydrogens is 343 g/mol. The minimum Gasteiger partial charge on any atom is -0.376 e. The van der Waals surface area contributed by atoms with Gasteiger partial charge in [-0.25, -0.2) is 4.39 Å². The van der Waals surface area contributed by atoms with Crippen molar-refractivity contribution in [2.75, 3.05) is 6.61 Å². The van der Waals surface area contributed by atoms with Gasteiger partial charge in [0, 0.05) is 23.1 Å². The molecule has 0 unspecified atom stereocenters. The molecule has 2 atom stereocenters. The molecule has 0 spiro atoms. The molecule has 4 nitrogen and oxygen atoms in total. The van der Waals surface area contributed by atoms with Gasteiger partial charge in [-0.2, -0.15) is 0 Å². The van der Waals surface area contributed by atoms with Gasteiger partial charge in [-0.15, -0.1) is 0 Å². The lowest BCUT2D eigenvalue weighted by Gasteiger charge is -2.20. The van der Waals surface area contributed by atoms with E-state index in [4.69, 9.17) is 4.74 Å². The Labute approximate surface area is 157 Å². The zero-order valence-electron chi connectivity index (χ0n) is 15.3. The largest absolute Gasteiger partial charge is 0.376 e. The van der Waals surface area contributed by atoms with Crippen LogP contribution in [0.4, 0.5) is 4.39 Å². The van der Waals surface area contributed by atoms with Gasteiger partial charge in [-0.1, -0.05) is 36.4 Å². The first-order valence-corrected chi connectivity index (χ1v) is 9.37. The summed E-state index contributed by atoms with van der Waals surface area (Å²) in [4.78, 5) is 13.0. The van der Waals surface area contributed by atoms with Crippen molar-refractivity contribution in [2.45, 2.75) is 38.5 Å². The Kier molecular flexibility index (Phi) is 4.94. The average molecular weight is 366 g/mol. The van der Waals surface area contributed by atoms with E-state index in [1.807, 2.05) is 47.9 Å². The highest BCUT2D eigenvalue weighted by Crippen LogP contribution is 2.23. The molecule has 0 bridgehead atoms. The Morgan fingerprint density at radius 2 is 2.04 bits per heavy atom. The third kappa shape index (κ3) is 3.60. The molecule has 1 fully saturated rings. The number of ether oxygens (including phenoxy) is 1. The molecule has 27 heavy (non-hydrogen) atoms. The first-order valence-electron chi connectivity index (χ1n) is 9.37. The first kappa shape index (κ1) is 17.7. The number of carbonyl (C=O) groups excluding carboxylic acids is 1. The molecule has 4 rings (SSSR count). The van der Waals surface area contributed by atoms with E-state index in [2.05, 4.69) is 5.32 Å². The van der Waals surface area contributed by atoms with Crippen molar-refractivity contribution >= 4 is 16.8 Å². The van der Waals surface area contributed by atoms with Crippen molar-refractivity contribution in [1.29, 1.82) is 0 Å². The normalized spacial score (nSPS) is 17.9. The highest BCUT2D eigenvalue weighted by atomic mass is 19.1. The van der Waals surface area contributed by atoms with Crippen LogP contribution < -0.4 is 5.32 Å². The lowest BCUT2D eigenvalue weighted by molar-refractivity contribution is 0.0707. The SMILES string of the molecule is C[C@H](NC(=O)c1cc2ccccc2n1Cc1ccccc1F)[C@H]1CCCO1. The van der Waals surface area contributed by atoms with Crippen molar-refractivity contribution in [3.05, 3.63) is 71.7 Å². The second-order valence-electron chi connectivity index (χ2n) is 7.08. The van der Waals surface area contributed by atoms with Crippen LogP contribution in [-0.4, -0.2) is 29.2 Å². The molecule has 1 aromatic heterocycles. The van der Waals surface area contributed by atoms with Gasteiger partial charge in [-0.3, -0.25) is 4.79 Å². The van der Waals surface area contributed by atoms with Crippen molar-refractivity contribution in [1.82, 2.24) is 9.88 Å². The fourth-order valence-electron chi connectivity index (χ4n) is 3.74. The highest BCUT2D eigenvalue weighted by Gasteiger charge is 2.25. The van der Waals surface area contributed by atoms with Gasteiger partial charge < -0.3 is 14.6 Å². The van der Waals surface area contributed by atoms with E-state index in [-0.39, 0.29) is 23.9 Å². The van der Waals surface area contributed by atoms with Gasteiger partial charge in [0.15, 0.2) is 0 Å². The summed E-state index contributed by atoms with van der Waals surface area (Å²) in [7, 11) is 0. The summed E-state index contributed by atoms with van der Waals surface area (Å²) < 4.78 is 21.8. The summed E-state index contributed by atoms with van der Waals surface area (Å²) in [5, 5.41) is 4.02. The molecule has 3 aromatic rings. The fourth-order valence-corrected chi connectivity index (χ4v) is 3.74. The summed E-state index contributed by atoms with van der Waals surface area (Å²) in [5.74, 6) is -0.431. The van der Waals surface area contributed by atoms with Crippen LogP contribution in [0.3, 0.4) is 0 Å². The van der Waals surface area contributed by atoms with E-state index < -0.39 is 0 Å². The Balaban J connectivity index is 1.67. The van der Waals surface area contributed by atoms with Crippen molar-refractivity contribution in [3.8, 4) is 0 Å². The molecule has 0 aliphatic carbocycles. The quantitative estimate of drug-likeness (QED) is 0.738. The van der Waals surface area contributed by atoms with Crippen LogP contribution in [0.2, 0.25) is 0 Å². The molecule has 2 aromatic carbocycles. The maximum atomic E-state index is 14.2. The second-order valence-corrected chi connectivity index (χ2v) is 7.08. The molecule has 0 radical (unpaired) electrons. The number of benzene rings is 2. The highest BCUT2D eigenvalue weighted by molar-refractivity contribution is 5.99.